The Balaban J connectivity index is 1.43. The fourth-order valence-corrected chi connectivity index (χ4v) is 3.66. The quantitative estimate of drug-likeness (QED) is 0.569. The maximum absolute atomic E-state index is 14.8. The number of halogens is 1. The highest BCUT2D eigenvalue weighted by Crippen LogP contribution is 2.30. The first-order valence-corrected chi connectivity index (χ1v) is 10.8. The van der Waals surface area contributed by atoms with Crippen LogP contribution in [-0.4, -0.2) is 41.3 Å². The Morgan fingerprint density at radius 3 is 2.62 bits per heavy atom. The summed E-state index contributed by atoms with van der Waals surface area (Å²) in [6.45, 7) is 3.66. The maximum atomic E-state index is 14.8. The fourth-order valence-electron chi connectivity index (χ4n) is 3.66. The molecule has 0 aliphatic carbocycles. The van der Waals surface area contributed by atoms with Crippen molar-refractivity contribution >= 4 is 0 Å². The van der Waals surface area contributed by atoms with Crippen LogP contribution in [0.3, 0.4) is 0 Å². The van der Waals surface area contributed by atoms with Gasteiger partial charge in [0, 0.05) is 6.20 Å². The van der Waals surface area contributed by atoms with Crippen LogP contribution in [0.4, 0.5) is 4.39 Å². The van der Waals surface area contributed by atoms with Gasteiger partial charge in [0.2, 0.25) is 11.8 Å². The molecule has 32 heavy (non-hydrogen) atoms. The fraction of sp³-hybridized carbons (Fsp3) is 0.375. The molecule has 8 heteroatoms. The molecule has 3 heterocycles. The number of benzene rings is 1. The number of pyridine rings is 1. The highest BCUT2D eigenvalue weighted by molar-refractivity contribution is 5.38. The number of hydrogen-bond donors (Lipinski definition) is 1. The van der Waals surface area contributed by atoms with Crippen molar-refractivity contribution < 1.29 is 18.6 Å². The number of nitrogens with one attached hydrogen (secondary N) is 1. The Morgan fingerprint density at radius 2 is 1.84 bits per heavy atom. The van der Waals surface area contributed by atoms with Crippen LogP contribution in [0.25, 0.3) is 0 Å². The summed E-state index contributed by atoms with van der Waals surface area (Å²) in [5, 5.41) is 3.30. The molecule has 1 aliphatic heterocycles. The van der Waals surface area contributed by atoms with Gasteiger partial charge in [-0.25, -0.2) is 14.4 Å². The van der Waals surface area contributed by atoms with Crippen molar-refractivity contribution in [1.82, 2.24) is 20.3 Å². The molecule has 1 aliphatic rings. The number of hydrogen-bond acceptors (Lipinski definition) is 7. The smallest absolute Gasteiger partial charge is 0.229 e. The summed E-state index contributed by atoms with van der Waals surface area (Å²) in [5.41, 5.74) is 2.34. The van der Waals surface area contributed by atoms with Crippen LogP contribution in [0, 0.1) is 12.7 Å². The SMILES string of the molecule is COc1cccnc1CCc1ccc(Oc2ncnc(OC3CCNCC3)c2C)c(F)c1. The van der Waals surface area contributed by atoms with Crippen molar-refractivity contribution in [3.05, 3.63) is 65.5 Å². The number of aromatic nitrogens is 3. The van der Waals surface area contributed by atoms with Gasteiger partial charge in [-0.1, -0.05) is 6.07 Å². The molecule has 1 fully saturated rings. The van der Waals surface area contributed by atoms with E-state index >= 15 is 0 Å². The molecule has 1 aromatic carbocycles. The Hall–Kier alpha value is -3.26. The number of aryl methyl sites for hydroxylation is 2. The third-order valence-electron chi connectivity index (χ3n) is 5.48. The predicted octanol–water partition coefficient (Wildman–Crippen LogP) is 4.04. The highest BCUT2D eigenvalue weighted by atomic mass is 19.1. The van der Waals surface area contributed by atoms with Crippen LogP contribution in [0.5, 0.6) is 23.3 Å². The Bertz CT molecular complexity index is 1060. The van der Waals surface area contributed by atoms with Crippen LogP contribution in [0.1, 0.15) is 29.7 Å². The third-order valence-corrected chi connectivity index (χ3v) is 5.48. The lowest BCUT2D eigenvalue weighted by Crippen LogP contribution is -2.34. The molecule has 0 radical (unpaired) electrons. The summed E-state index contributed by atoms with van der Waals surface area (Å²) in [4.78, 5) is 12.8. The molecule has 2 aromatic heterocycles. The van der Waals surface area contributed by atoms with Gasteiger partial charge in [-0.3, -0.25) is 4.98 Å². The largest absolute Gasteiger partial charge is 0.495 e. The van der Waals surface area contributed by atoms with Gasteiger partial charge in [0.1, 0.15) is 18.2 Å². The van der Waals surface area contributed by atoms with Crippen molar-refractivity contribution in [2.24, 2.45) is 0 Å². The average molecular weight is 439 g/mol. The van der Waals surface area contributed by atoms with Gasteiger partial charge in [0.15, 0.2) is 11.6 Å². The summed E-state index contributed by atoms with van der Waals surface area (Å²) in [6.07, 6.45) is 6.32. The summed E-state index contributed by atoms with van der Waals surface area (Å²) in [5.74, 6) is 1.15. The first-order valence-electron chi connectivity index (χ1n) is 10.8. The normalized spacial score (nSPS) is 14.2. The molecule has 0 spiro atoms. The van der Waals surface area contributed by atoms with E-state index in [2.05, 4.69) is 20.3 Å². The first-order chi connectivity index (χ1) is 15.6. The second-order valence-corrected chi connectivity index (χ2v) is 7.70. The minimum absolute atomic E-state index is 0.103. The van der Waals surface area contributed by atoms with Gasteiger partial charge in [0.25, 0.3) is 0 Å². The van der Waals surface area contributed by atoms with E-state index in [9.17, 15) is 4.39 Å². The van der Waals surface area contributed by atoms with Crippen molar-refractivity contribution in [3.63, 3.8) is 0 Å². The molecule has 3 aromatic rings. The second kappa shape index (κ2) is 10.4. The molecule has 0 bridgehead atoms. The zero-order valence-corrected chi connectivity index (χ0v) is 18.3. The maximum Gasteiger partial charge on any atom is 0.229 e. The Morgan fingerprint density at radius 1 is 1.03 bits per heavy atom. The number of piperidine rings is 1. The van der Waals surface area contributed by atoms with Gasteiger partial charge in [-0.2, -0.15) is 0 Å². The predicted molar refractivity (Wildman–Crippen MR) is 118 cm³/mol. The summed E-state index contributed by atoms with van der Waals surface area (Å²) >= 11 is 0. The monoisotopic (exact) mass is 438 g/mol. The highest BCUT2D eigenvalue weighted by Gasteiger charge is 2.19. The van der Waals surface area contributed by atoms with Crippen molar-refractivity contribution in [2.45, 2.75) is 38.7 Å². The molecular weight excluding hydrogens is 411 g/mol. The zero-order valence-electron chi connectivity index (χ0n) is 18.3. The van der Waals surface area contributed by atoms with E-state index in [4.69, 9.17) is 14.2 Å². The van der Waals surface area contributed by atoms with Crippen molar-refractivity contribution in [2.75, 3.05) is 20.2 Å². The van der Waals surface area contributed by atoms with E-state index in [1.807, 2.05) is 25.1 Å². The van der Waals surface area contributed by atoms with Crippen molar-refractivity contribution in [3.8, 4) is 23.3 Å². The molecule has 0 amide bonds. The molecule has 1 saturated heterocycles. The van der Waals surface area contributed by atoms with E-state index < -0.39 is 5.82 Å². The minimum Gasteiger partial charge on any atom is -0.495 e. The lowest BCUT2D eigenvalue weighted by Gasteiger charge is -2.24. The van der Waals surface area contributed by atoms with Gasteiger partial charge < -0.3 is 19.5 Å². The molecule has 0 unspecified atom stereocenters. The van der Waals surface area contributed by atoms with Crippen molar-refractivity contribution in [1.29, 1.82) is 0 Å². The van der Waals surface area contributed by atoms with E-state index in [-0.39, 0.29) is 17.7 Å². The molecular formula is C24H27FN4O3. The van der Waals surface area contributed by atoms with E-state index in [1.54, 1.807) is 19.4 Å². The van der Waals surface area contributed by atoms with Gasteiger partial charge in [-0.05, 0) is 75.5 Å². The second-order valence-electron chi connectivity index (χ2n) is 7.70. The Labute approximate surface area is 187 Å². The van der Waals surface area contributed by atoms with Crippen LogP contribution >= 0.6 is 0 Å². The summed E-state index contributed by atoms with van der Waals surface area (Å²) in [6, 6.07) is 8.64. The molecule has 168 valence electrons. The van der Waals surface area contributed by atoms with Crippen LogP contribution in [0.2, 0.25) is 0 Å². The molecule has 0 atom stereocenters. The van der Waals surface area contributed by atoms with Crippen LogP contribution < -0.4 is 19.5 Å². The molecule has 7 nitrogen and oxygen atoms in total. The van der Waals surface area contributed by atoms with E-state index in [0.29, 0.717) is 24.3 Å². The zero-order chi connectivity index (χ0) is 22.3. The number of rotatable bonds is 8. The molecule has 1 N–H and O–H groups in total. The number of nitrogens with zero attached hydrogens (tertiary/aromatic N) is 3. The standard InChI is InChI=1S/C24H27FN4O3/c1-16-23(31-18-9-12-26-13-10-18)28-15-29-24(16)32-21-8-6-17(14-19(21)25)5-7-20-22(30-2)4-3-11-27-20/h3-4,6,8,11,14-15,18,26H,5,7,9-10,12-13H2,1-2H3. The van der Waals surface area contributed by atoms with E-state index in [1.165, 1.54) is 12.4 Å². The average Bonchev–Trinajstić information content (AvgIpc) is 2.82. The number of methoxy groups -OCH3 is 1. The topological polar surface area (TPSA) is 78.4 Å². The minimum atomic E-state index is -0.450. The van der Waals surface area contributed by atoms with Crippen LogP contribution in [0.15, 0.2) is 42.9 Å². The first kappa shape index (κ1) is 22.0. The van der Waals surface area contributed by atoms with Gasteiger partial charge >= 0.3 is 0 Å². The van der Waals surface area contributed by atoms with Gasteiger partial charge in [-0.15, -0.1) is 0 Å². The summed E-state index contributed by atoms with van der Waals surface area (Å²) < 4.78 is 31.9. The number of ether oxygens (including phenoxy) is 3. The van der Waals surface area contributed by atoms with Crippen LogP contribution in [-0.2, 0) is 12.8 Å². The van der Waals surface area contributed by atoms with E-state index in [0.717, 1.165) is 42.9 Å². The van der Waals surface area contributed by atoms with Gasteiger partial charge in [0.05, 0.1) is 18.4 Å². The Kier molecular flexibility index (Phi) is 7.11. The lowest BCUT2D eigenvalue weighted by molar-refractivity contribution is 0.154. The third kappa shape index (κ3) is 5.31. The molecule has 0 saturated carbocycles. The molecule has 4 rings (SSSR count). The summed E-state index contributed by atoms with van der Waals surface area (Å²) in [7, 11) is 1.62. The lowest BCUT2D eigenvalue weighted by atomic mass is 10.1.